The zero-order valence-electron chi connectivity index (χ0n) is 14.6. The van der Waals surface area contributed by atoms with Crippen molar-refractivity contribution in [3.8, 4) is 21.8 Å². The van der Waals surface area contributed by atoms with Gasteiger partial charge in [-0.2, -0.15) is 0 Å². The molecule has 0 amide bonds. The van der Waals surface area contributed by atoms with Gasteiger partial charge >= 0.3 is 0 Å². The van der Waals surface area contributed by atoms with E-state index < -0.39 is 0 Å². The first-order valence-corrected chi connectivity index (χ1v) is 9.19. The first-order valence-electron chi connectivity index (χ1n) is 8.38. The normalized spacial score (nSPS) is 10.7. The van der Waals surface area contributed by atoms with Crippen molar-refractivity contribution in [1.29, 1.82) is 0 Å². The van der Waals surface area contributed by atoms with Crippen molar-refractivity contribution >= 4 is 22.8 Å². The van der Waals surface area contributed by atoms with Crippen molar-refractivity contribution < 1.29 is 0 Å². The second-order valence-electron chi connectivity index (χ2n) is 6.04. The third-order valence-corrected chi connectivity index (χ3v) is 5.07. The molecule has 0 aliphatic carbocycles. The molecule has 128 valence electrons. The Hall–Kier alpha value is -3.05. The summed E-state index contributed by atoms with van der Waals surface area (Å²) < 4.78 is 0. The van der Waals surface area contributed by atoms with Gasteiger partial charge in [-0.3, -0.25) is 0 Å². The molecule has 0 bridgehead atoms. The van der Waals surface area contributed by atoms with Crippen molar-refractivity contribution in [2.24, 2.45) is 0 Å². The van der Waals surface area contributed by atoms with Crippen LogP contribution in [-0.2, 0) is 0 Å². The highest BCUT2D eigenvalue weighted by molar-refractivity contribution is 7.15. The predicted molar refractivity (Wildman–Crippen MR) is 108 cm³/mol. The summed E-state index contributed by atoms with van der Waals surface area (Å²) in [6, 6.07) is 20.5. The predicted octanol–water partition coefficient (Wildman–Crippen LogP) is 5.63. The second kappa shape index (κ2) is 7.06. The van der Waals surface area contributed by atoms with Gasteiger partial charge in [-0.1, -0.05) is 42.5 Å². The topological polar surface area (TPSA) is 50.7 Å². The molecule has 4 nitrogen and oxygen atoms in total. The van der Waals surface area contributed by atoms with E-state index in [1.165, 1.54) is 4.88 Å². The molecule has 4 rings (SSSR count). The lowest BCUT2D eigenvalue weighted by Gasteiger charge is -2.06. The summed E-state index contributed by atoms with van der Waals surface area (Å²) in [5.74, 6) is 0.793. The quantitative estimate of drug-likeness (QED) is 0.514. The number of benzene rings is 2. The van der Waals surface area contributed by atoms with Gasteiger partial charge in [0, 0.05) is 33.5 Å². The SMILES string of the molecule is Cc1cc(Nc2ccc(-c3nc(-c4ccccc4)sc3C)cc2)ncn1. The Kier molecular flexibility index (Phi) is 4.46. The van der Waals surface area contributed by atoms with Crippen LogP contribution in [0.1, 0.15) is 10.6 Å². The minimum Gasteiger partial charge on any atom is -0.340 e. The van der Waals surface area contributed by atoms with Crippen LogP contribution in [0.2, 0.25) is 0 Å². The first kappa shape index (κ1) is 16.4. The molecule has 2 aromatic heterocycles. The van der Waals surface area contributed by atoms with Crippen molar-refractivity contribution in [2.75, 3.05) is 5.32 Å². The lowest BCUT2D eigenvalue weighted by atomic mass is 10.1. The van der Waals surface area contributed by atoms with Crippen molar-refractivity contribution in [2.45, 2.75) is 13.8 Å². The third kappa shape index (κ3) is 3.48. The maximum atomic E-state index is 4.85. The Bertz CT molecular complexity index is 1020. The van der Waals surface area contributed by atoms with Crippen LogP contribution >= 0.6 is 11.3 Å². The van der Waals surface area contributed by atoms with Gasteiger partial charge in [0.05, 0.1) is 5.69 Å². The highest BCUT2D eigenvalue weighted by Crippen LogP contribution is 2.33. The zero-order valence-corrected chi connectivity index (χ0v) is 15.4. The lowest BCUT2D eigenvalue weighted by molar-refractivity contribution is 1.10. The van der Waals surface area contributed by atoms with Gasteiger partial charge in [-0.05, 0) is 26.0 Å². The highest BCUT2D eigenvalue weighted by Gasteiger charge is 2.11. The highest BCUT2D eigenvalue weighted by atomic mass is 32.1. The van der Waals surface area contributed by atoms with Crippen LogP contribution in [-0.4, -0.2) is 15.0 Å². The molecule has 0 saturated carbocycles. The van der Waals surface area contributed by atoms with Crippen LogP contribution in [0, 0.1) is 13.8 Å². The Morgan fingerprint density at radius 3 is 2.35 bits per heavy atom. The molecule has 0 saturated heterocycles. The number of hydrogen-bond donors (Lipinski definition) is 1. The number of rotatable bonds is 4. The molecule has 4 aromatic rings. The van der Waals surface area contributed by atoms with Crippen LogP contribution in [0.3, 0.4) is 0 Å². The molecule has 0 unspecified atom stereocenters. The summed E-state index contributed by atoms with van der Waals surface area (Å²) >= 11 is 1.73. The number of hydrogen-bond acceptors (Lipinski definition) is 5. The van der Waals surface area contributed by atoms with E-state index in [1.54, 1.807) is 17.7 Å². The fourth-order valence-corrected chi connectivity index (χ4v) is 3.69. The summed E-state index contributed by atoms with van der Waals surface area (Å²) in [7, 11) is 0. The number of aromatic nitrogens is 3. The lowest BCUT2D eigenvalue weighted by Crippen LogP contribution is -1.95. The summed E-state index contributed by atoms with van der Waals surface area (Å²) in [5, 5.41) is 4.35. The maximum absolute atomic E-state index is 4.85. The molecule has 0 aliphatic rings. The van der Waals surface area contributed by atoms with Gasteiger partial charge < -0.3 is 5.32 Å². The van der Waals surface area contributed by atoms with E-state index in [0.29, 0.717) is 0 Å². The maximum Gasteiger partial charge on any atom is 0.133 e. The van der Waals surface area contributed by atoms with Crippen LogP contribution in [0.25, 0.3) is 21.8 Å². The van der Waals surface area contributed by atoms with E-state index in [-0.39, 0.29) is 0 Å². The fraction of sp³-hybridized carbons (Fsp3) is 0.0952. The number of nitrogens with zero attached hydrogens (tertiary/aromatic N) is 3. The Balaban J connectivity index is 1.58. The van der Waals surface area contributed by atoms with Gasteiger partial charge in [-0.15, -0.1) is 11.3 Å². The standard InChI is InChI=1S/C21H18N4S/c1-14-12-19(23-13-22-14)24-18-10-8-16(9-11-18)20-15(2)26-21(25-20)17-6-4-3-5-7-17/h3-13H,1-2H3,(H,22,23,24). The molecule has 0 atom stereocenters. The first-order chi connectivity index (χ1) is 12.7. The van der Waals surface area contributed by atoms with E-state index in [9.17, 15) is 0 Å². The molecule has 0 spiro atoms. The number of anilines is 2. The monoisotopic (exact) mass is 358 g/mol. The van der Waals surface area contributed by atoms with Crippen molar-refractivity contribution in [1.82, 2.24) is 15.0 Å². The summed E-state index contributed by atoms with van der Waals surface area (Å²) in [4.78, 5) is 14.4. The smallest absolute Gasteiger partial charge is 0.133 e. The minimum absolute atomic E-state index is 0.793. The van der Waals surface area contributed by atoms with Crippen molar-refractivity contribution in [3.63, 3.8) is 0 Å². The van der Waals surface area contributed by atoms with Crippen LogP contribution < -0.4 is 5.32 Å². The van der Waals surface area contributed by atoms with E-state index >= 15 is 0 Å². The second-order valence-corrected chi connectivity index (χ2v) is 7.24. The van der Waals surface area contributed by atoms with E-state index in [1.807, 2.05) is 43.3 Å². The van der Waals surface area contributed by atoms with Crippen LogP contribution in [0.15, 0.2) is 67.0 Å². The van der Waals surface area contributed by atoms with Crippen molar-refractivity contribution in [3.05, 3.63) is 77.6 Å². The molecule has 1 N–H and O–H groups in total. The van der Waals surface area contributed by atoms with Gasteiger partial charge in [-0.25, -0.2) is 15.0 Å². The number of nitrogens with one attached hydrogen (secondary N) is 1. The van der Waals surface area contributed by atoms with Gasteiger partial charge in [0.15, 0.2) is 0 Å². The van der Waals surface area contributed by atoms with Gasteiger partial charge in [0.2, 0.25) is 0 Å². The molecule has 0 aliphatic heterocycles. The number of aryl methyl sites for hydroxylation is 2. The van der Waals surface area contributed by atoms with Gasteiger partial charge in [0.25, 0.3) is 0 Å². The summed E-state index contributed by atoms with van der Waals surface area (Å²) in [6.07, 6.45) is 1.57. The largest absolute Gasteiger partial charge is 0.340 e. The summed E-state index contributed by atoms with van der Waals surface area (Å²) in [5.41, 5.74) is 5.24. The molecule has 0 fully saturated rings. The van der Waals surface area contributed by atoms with Crippen LogP contribution in [0.4, 0.5) is 11.5 Å². The Morgan fingerprint density at radius 2 is 1.62 bits per heavy atom. The van der Waals surface area contributed by atoms with E-state index in [0.717, 1.165) is 39.0 Å². The minimum atomic E-state index is 0.793. The Morgan fingerprint density at radius 1 is 0.846 bits per heavy atom. The molecule has 5 heteroatoms. The number of thiazole rings is 1. The zero-order chi connectivity index (χ0) is 17.9. The average molecular weight is 358 g/mol. The molecular weight excluding hydrogens is 340 g/mol. The summed E-state index contributed by atoms with van der Waals surface area (Å²) in [6.45, 7) is 4.07. The van der Waals surface area contributed by atoms with Crippen LogP contribution in [0.5, 0.6) is 0 Å². The fourth-order valence-electron chi connectivity index (χ4n) is 2.75. The molecular formula is C21H18N4S. The van der Waals surface area contributed by atoms with E-state index in [2.05, 4.69) is 46.5 Å². The Labute approximate surface area is 156 Å². The third-order valence-electron chi connectivity index (χ3n) is 4.05. The average Bonchev–Trinajstić information content (AvgIpc) is 3.05. The molecule has 0 radical (unpaired) electrons. The molecule has 26 heavy (non-hydrogen) atoms. The van der Waals surface area contributed by atoms with E-state index in [4.69, 9.17) is 4.98 Å². The molecule has 2 aromatic carbocycles. The van der Waals surface area contributed by atoms with Gasteiger partial charge in [0.1, 0.15) is 17.2 Å². The molecule has 2 heterocycles.